The van der Waals surface area contributed by atoms with Crippen molar-refractivity contribution < 1.29 is 18.8 Å². The summed E-state index contributed by atoms with van der Waals surface area (Å²) >= 11 is 0. The third-order valence-electron chi connectivity index (χ3n) is 4.09. The highest BCUT2D eigenvalue weighted by Crippen LogP contribution is 2.22. The minimum absolute atomic E-state index is 0.0897. The lowest BCUT2D eigenvalue weighted by Gasteiger charge is -2.34. The molecule has 0 saturated carbocycles. The molecule has 3 rings (SSSR count). The molecule has 1 aliphatic heterocycles. The van der Waals surface area contributed by atoms with Crippen LogP contribution in [0.4, 0.5) is 4.39 Å². The van der Waals surface area contributed by atoms with Crippen LogP contribution < -0.4 is 0 Å². The first-order chi connectivity index (χ1) is 12.5. The summed E-state index contributed by atoms with van der Waals surface area (Å²) in [4.78, 5) is 39.3. The van der Waals surface area contributed by atoms with E-state index < -0.39 is 17.6 Å². The summed E-state index contributed by atoms with van der Waals surface area (Å²) in [7, 11) is 0. The predicted molar refractivity (Wildman–Crippen MR) is 93.8 cm³/mol. The summed E-state index contributed by atoms with van der Waals surface area (Å²) in [5, 5.41) is 0. The summed E-state index contributed by atoms with van der Waals surface area (Å²) < 4.78 is 13.1. The first kappa shape index (κ1) is 17.5. The molecular formula is C20H17FN2O3. The second-order valence-corrected chi connectivity index (χ2v) is 5.96. The molecule has 5 nitrogen and oxygen atoms in total. The van der Waals surface area contributed by atoms with Crippen LogP contribution in [0.2, 0.25) is 0 Å². The number of nitrogens with zero attached hydrogens (tertiary/aromatic N) is 2. The van der Waals surface area contributed by atoms with Crippen LogP contribution in [0.5, 0.6) is 0 Å². The van der Waals surface area contributed by atoms with Crippen LogP contribution in [0.25, 0.3) is 6.08 Å². The largest absolute Gasteiger partial charge is 0.301 e. The van der Waals surface area contributed by atoms with E-state index >= 15 is 0 Å². The fourth-order valence-electron chi connectivity index (χ4n) is 2.73. The average molecular weight is 352 g/mol. The number of hydrogen-bond donors (Lipinski definition) is 0. The Kier molecular flexibility index (Phi) is 4.93. The Morgan fingerprint density at radius 3 is 2.35 bits per heavy atom. The molecule has 0 unspecified atom stereocenters. The van der Waals surface area contributed by atoms with Crippen LogP contribution in [0.1, 0.15) is 18.1 Å². The van der Waals surface area contributed by atoms with E-state index in [2.05, 4.69) is 0 Å². The summed E-state index contributed by atoms with van der Waals surface area (Å²) in [6.07, 6.45) is 1.50. The molecule has 3 amide bonds. The molecule has 0 aromatic heterocycles. The lowest BCUT2D eigenvalue weighted by atomic mass is 10.1. The quantitative estimate of drug-likeness (QED) is 0.798. The number of hydrogen-bond acceptors (Lipinski definition) is 3. The van der Waals surface area contributed by atoms with Crippen molar-refractivity contribution in [2.24, 2.45) is 0 Å². The van der Waals surface area contributed by atoms with Gasteiger partial charge in [0.1, 0.15) is 18.1 Å². The third-order valence-corrected chi connectivity index (χ3v) is 4.09. The predicted octanol–water partition coefficient (Wildman–Crippen LogP) is 2.58. The molecule has 0 spiro atoms. The Hall–Kier alpha value is -3.28. The van der Waals surface area contributed by atoms with Crippen LogP contribution in [0.15, 0.2) is 60.3 Å². The summed E-state index contributed by atoms with van der Waals surface area (Å²) in [5.74, 6) is -1.79. The van der Waals surface area contributed by atoms with Crippen molar-refractivity contribution in [2.75, 3.05) is 6.54 Å². The topological polar surface area (TPSA) is 57.7 Å². The number of carbonyl (C=O) groups is 3. The number of piperazine rings is 1. The lowest BCUT2D eigenvalue weighted by Crippen LogP contribution is -2.53. The van der Waals surface area contributed by atoms with Gasteiger partial charge in [-0.2, -0.15) is 0 Å². The number of rotatable bonds is 3. The zero-order valence-corrected chi connectivity index (χ0v) is 14.2. The Balaban J connectivity index is 2.01. The van der Waals surface area contributed by atoms with Gasteiger partial charge < -0.3 is 4.90 Å². The van der Waals surface area contributed by atoms with E-state index in [4.69, 9.17) is 0 Å². The normalized spacial score (nSPS) is 16.3. The van der Waals surface area contributed by atoms with Crippen LogP contribution >= 0.6 is 0 Å². The molecule has 0 bridgehead atoms. The molecule has 2 aromatic rings. The molecule has 1 aliphatic rings. The number of imide groups is 1. The Bertz CT molecular complexity index is 876. The average Bonchev–Trinajstić information content (AvgIpc) is 2.63. The zero-order valence-electron chi connectivity index (χ0n) is 14.2. The highest BCUT2D eigenvalue weighted by atomic mass is 19.1. The molecule has 0 radical (unpaired) electrons. The Morgan fingerprint density at radius 2 is 1.73 bits per heavy atom. The molecule has 6 heteroatoms. The smallest absolute Gasteiger partial charge is 0.277 e. The van der Waals surface area contributed by atoms with Gasteiger partial charge in [0.25, 0.3) is 5.91 Å². The van der Waals surface area contributed by atoms with Gasteiger partial charge in [-0.25, -0.2) is 4.39 Å². The minimum atomic E-state index is -0.544. The number of benzene rings is 2. The first-order valence-electron chi connectivity index (χ1n) is 8.09. The Morgan fingerprint density at radius 1 is 1.08 bits per heavy atom. The van der Waals surface area contributed by atoms with Crippen molar-refractivity contribution in [1.29, 1.82) is 0 Å². The van der Waals surface area contributed by atoms with E-state index in [1.54, 1.807) is 0 Å². The van der Waals surface area contributed by atoms with Gasteiger partial charge in [-0.1, -0.05) is 42.5 Å². The van der Waals surface area contributed by atoms with E-state index in [9.17, 15) is 18.8 Å². The van der Waals surface area contributed by atoms with E-state index in [0.29, 0.717) is 5.56 Å². The molecule has 2 aromatic carbocycles. The van der Waals surface area contributed by atoms with Crippen molar-refractivity contribution >= 4 is 23.8 Å². The highest BCUT2D eigenvalue weighted by Gasteiger charge is 2.36. The fraction of sp³-hybridized carbons (Fsp3) is 0.150. The van der Waals surface area contributed by atoms with Gasteiger partial charge in [0.05, 0.1) is 6.54 Å². The second kappa shape index (κ2) is 7.31. The van der Waals surface area contributed by atoms with Gasteiger partial charge >= 0.3 is 0 Å². The molecule has 0 N–H and O–H groups in total. The van der Waals surface area contributed by atoms with Crippen molar-refractivity contribution in [1.82, 2.24) is 9.80 Å². The number of halogens is 1. The molecule has 1 heterocycles. The van der Waals surface area contributed by atoms with Gasteiger partial charge in [-0.05, 0) is 29.3 Å². The van der Waals surface area contributed by atoms with Crippen LogP contribution in [0.3, 0.4) is 0 Å². The number of carbonyl (C=O) groups excluding carboxylic acids is 3. The lowest BCUT2D eigenvalue weighted by molar-refractivity contribution is -0.153. The van der Waals surface area contributed by atoms with E-state index in [0.717, 1.165) is 10.5 Å². The van der Waals surface area contributed by atoms with E-state index in [-0.39, 0.29) is 24.7 Å². The highest BCUT2D eigenvalue weighted by molar-refractivity contribution is 6.12. The molecule has 0 atom stereocenters. The molecular weight excluding hydrogens is 335 g/mol. The van der Waals surface area contributed by atoms with E-state index in [1.165, 1.54) is 42.2 Å². The van der Waals surface area contributed by atoms with Gasteiger partial charge in [-0.3, -0.25) is 19.3 Å². The van der Waals surface area contributed by atoms with Crippen molar-refractivity contribution in [3.63, 3.8) is 0 Å². The molecule has 26 heavy (non-hydrogen) atoms. The minimum Gasteiger partial charge on any atom is -0.301 e. The fourth-order valence-corrected chi connectivity index (χ4v) is 2.73. The SMILES string of the molecule is CC(=O)N1CC(=O)N(Cc2ccccc2)/C(=C/c2ccc(F)cc2)C1=O. The molecule has 132 valence electrons. The monoisotopic (exact) mass is 352 g/mol. The van der Waals surface area contributed by atoms with Crippen molar-refractivity contribution in [3.8, 4) is 0 Å². The maximum atomic E-state index is 13.1. The van der Waals surface area contributed by atoms with Crippen molar-refractivity contribution in [3.05, 3.63) is 77.2 Å². The third kappa shape index (κ3) is 3.69. The van der Waals surface area contributed by atoms with Gasteiger partial charge in [0.15, 0.2) is 0 Å². The molecule has 0 aliphatic carbocycles. The van der Waals surface area contributed by atoms with Crippen LogP contribution in [-0.2, 0) is 20.9 Å². The van der Waals surface area contributed by atoms with E-state index in [1.807, 2.05) is 30.3 Å². The summed E-state index contributed by atoms with van der Waals surface area (Å²) in [6.45, 7) is 1.17. The summed E-state index contributed by atoms with van der Waals surface area (Å²) in [5.41, 5.74) is 1.51. The zero-order chi connectivity index (χ0) is 18.7. The van der Waals surface area contributed by atoms with Crippen LogP contribution in [0, 0.1) is 5.82 Å². The Labute approximate surface area is 150 Å². The maximum absolute atomic E-state index is 13.1. The molecule has 1 saturated heterocycles. The number of amides is 3. The van der Waals surface area contributed by atoms with Gasteiger partial charge in [-0.15, -0.1) is 0 Å². The standard InChI is InChI=1S/C20H17FN2O3/c1-14(24)22-13-19(25)23(12-16-5-3-2-4-6-16)18(20(22)26)11-15-7-9-17(21)10-8-15/h2-11H,12-13H2,1H3/b18-11+. The van der Waals surface area contributed by atoms with Crippen LogP contribution in [-0.4, -0.2) is 34.1 Å². The van der Waals surface area contributed by atoms with Crippen molar-refractivity contribution in [2.45, 2.75) is 13.5 Å². The maximum Gasteiger partial charge on any atom is 0.277 e. The molecule has 1 fully saturated rings. The first-order valence-corrected chi connectivity index (χ1v) is 8.09. The van der Waals surface area contributed by atoms with Gasteiger partial charge in [0, 0.05) is 6.92 Å². The summed E-state index contributed by atoms with van der Waals surface area (Å²) in [6, 6.07) is 14.8. The second-order valence-electron chi connectivity index (χ2n) is 5.96. The van der Waals surface area contributed by atoms with Gasteiger partial charge in [0.2, 0.25) is 11.8 Å².